The molecule has 2 heterocycles. The van der Waals surface area contributed by atoms with Crippen molar-refractivity contribution in [3.8, 4) is 5.75 Å². The fraction of sp³-hybridized carbons (Fsp3) is 0.480. The maximum atomic E-state index is 12.5. The molecule has 160 valence electrons. The lowest BCUT2D eigenvalue weighted by molar-refractivity contribution is -0.145. The molecule has 1 unspecified atom stereocenters. The summed E-state index contributed by atoms with van der Waals surface area (Å²) >= 11 is 0. The summed E-state index contributed by atoms with van der Waals surface area (Å²) in [5.74, 6) is 1.04. The number of cyclic esters (lactones) is 1. The monoisotopic (exact) mass is 423 g/mol. The van der Waals surface area contributed by atoms with Gasteiger partial charge in [0.1, 0.15) is 11.9 Å². The molecule has 0 radical (unpaired) electrons. The third kappa shape index (κ3) is 4.19. The van der Waals surface area contributed by atoms with Crippen molar-refractivity contribution in [3.05, 3.63) is 65.7 Å². The number of rotatable bonds is 5. The van der Waals surface area contributed by atoms with E-state index in [9.17, 15) is 4.79 Å². The summed E-state index contributed by atoms with van der Waals surface area (Å²) in [7, 11) is -1.87. The molecule has 2 saturated heterocycles. The molecule has 30 heavy (non-hydrogen) atoms. The van der Waals surface area contributed by atoms with Crippen LogP contribution in [0.3, 0.4) is 0 Å². The Morgan fingerprint density at radius 3 is 2.33 bits per heavy atom. The van der Waals surface area contributed by atoms with Crippen LogP contribution in [0.2, 0.25) is 18.1 Å². The van der Waals surface area contributed by atoms with Crippen LogP contribution >= 0.6 is 0 Å². The van der Waals surface area contributed by atoms with Crippen molar-refractivity contribution in [2.45, 2.75) is 51.6 Å². The number of benzene rings is 2. The molecule has 0 saturated carbocycles. The van der Waals surface area contributed by atoms with Crippen molar-refractivity contribution in [2.24, 2.45) is 11.8 Å². The van der Waals surface area contributed by atoms with E-state index in [4.69, 9.17) is 9.16 Å². The third-order valence-corrected chi connectivity index (χ3v) is 11.4. The fourth-order valence-corrected chi connectivity index (χ4v) is 5.26. The van der Waals surface area contributed by atoms with Crippen molar-refractivity contribution < 1.29 is 14.0 Å². The van der Waals surface area contributed by atoms with Gasteiger partial charge in [0, 0.05) is 25.6 Å². The highest BCUT2D eigenvalue weighted by molar-refractivity contribution is 6.74. The number of nitrogens with zero attached hydrogens (tertiary/aromatic N) is 1. The zero-order valence-electron chi connectivity index (χ0n) is 18.7. The molecule has 2 aliphatic heterocycles. The number of hydrogen-bond acceptors (Lipinski definition) is 4. The van der Waals surface area contributed by atoms with E-state index in [1.165, 1.54) is 5.56 Å². The number of fused-ring (bicyclic) bond motifs is 1. The molecule has 0 bridgehead atoms. The van der Waals surface area contributed by atoms with Crippen LogP contribution in [0, 0.1) is 11.8 Å². The van der Waals surface area contributed by atoms with Gasteiger partial charge in [0.25, 0.3) is 0 Å². The quantitative estimate of drug-likeness (QED) is 0.476. The molecular weight excluding hydrogens is 390 g/mol. The van der Waals surface area contributed by atoms with Crippen molar-refractivity contribution >= 4 is 14.3 Å². The lowest BCUT2D eigenvalue weighted by Gasteiger charge is -2.36. The second kappa shape index (κ2) is 7.86. The minimum Gasteiger partial charge on any atom is -0.544 e. The summed E-state index contributed by atoms with van der Waals surface area (Å²) in [5, 5.41) is 0.159. The van der Waals surface area contributed by atoms with Gasteiger partial charge in [0.2, 0.25) is 8.32 Å². The molecule has 3 atom stereocenters. The second-order valence-corrected chi connectivity index (χ2v) is 15.0. The number of likely N-dealkylation sites (tertiary alicyclic amines) is 1. The topological polar surface area (TPSA) is 38.8 Å². The molecule has 0 N–H and O–H groups in total. The highest BCUT2D eigenvalue weighted by Crippen LogP contribution is 2.44. The maximum Gasteiger partial charge on any atom is 0.311 e. The van der Waals surface area contributed by atoms with Crippen LogP contribution in [0.4, 0.5) is 0 Å². The molecule has 4 rings (SSSR count). The molecule has 0 aromatic heterocycles. The number of ether oxygens (including phenoxy) is 1. The van der Waals surface area contributed by atoms with Crippen LogP contribution in [0.1, 0.15) is 38.0 Å². The Hall–Kier alpha value is -2.11. The Labute approximate surface area is 181 Å². The number of carbonyl (C=O) groups is 1. The van der Waals surface area contributed by atoms with Crippen molar-refractivity contribution in [3.63, 3.8) is 0 Å². The first kappa shape index (κ1) is 21.1. The maximum absolute atomic E-state index is 12.5. The minimum atomic E-state index is -1.87. The zero-order chi connectivity index (χ0) is 21.5. The number of carbonyl (C=O) groups excluding carboxylic acids is 1. The van der Waals surface area contributed by atoms with Gasteiger partial charge in [0.15, 0.2) is 0 Å². The Morgan fingerprint density at radius 1 is 1.03 bits per heavy atom. The SMILES string of the molecule is CC(C)(C)[Si](C)(C)Oc1ccc(C2OC(=O)[C@H]3CN(Cc4ccccc4)C[C@@H]23)cc1. The number of hydrogen-bond donors (Lipinski definition) is 0. The first-order chi connectivity index (χ1) is 14.1. The van der Waals surface area contributed by atoms with Gasteiger partial charge in [-0.05, 0) is 41.4 Å². The summed E-state index contributed by atoms with van der Waals surface area (Å²) in [4.78, 5) is 14.9. The van der Waals surface area contributed by atoms with Crippen molar-refractivity contribution in [1.82, 2.24) is 4.90 Å². The Kier molecular flexibility index (Phi) is 5.53. The predicted octanol–water partition coefficient (Wildman–Crippen LogP) is 5.42. The molecule has 2 fully saturated rings. The molecule has 0 spiro atoms. The smallest absolute Gasteiger partial charge is 0.311 e. The Morgan fingerprint density at radius 2 is 1.70 bits per heavy atom. The normalized spacial score (nSPS) is 24.6. The Balaban J connectivity index is 1.45. The average Bonchev–Trinajstić information content (AvgIpc) is 3.22. The van der Waals surface area contributed by atoms with Crippen molar-refractivity contribution in [1.29, 1.82) is 0 Å². The molecule has 0 aliphatic carbocycles. The molecule has 2 aromatic rings. The van der Waals surface area contributed by atoms with E-state index >= 15 is 0 Å². The molecular formula is C25H33NO3Si. The first-order valence-electron chi connectivity index (χ1n) is 10.9. The Bertz CT molecular complexity index is 889. The first-order valence-corrected chi connectivity index (χ1v) is 13.8. The summed E-state index contributed by atoms with van der Waals surface area (Å²) in [6, 6.07) is 18.7. The number of esters is 1. The van der Waals surface area contributed by atoms with Crippen LogP contribution in [-0.2, 0) is 16.1 Å². The molecule has 2 aliphatic rings. The molecule has 4 nitrogen and oxygen atoms in total. The van der Waals surface area contributed by atoms with Gasteiger partial charge in [-0.15, -0.1) is 0 Å². The van der Waals surface area contributed by atoms with E-state index in [1.54, 1.807) is 0 Å². The van der Waals surface area contributed by atoms with Gasteiger partial charge in [-0.3, -0.25) is 9.69 Å². The average molecular weight is 424 g/mol. The van der Waals surface area contributed by atoms with Crippen LogP contribution < -0.4 is 4.43 Å². The summed E-state index contributed by atoms with van der Waals surface area (Å²) in [6.07, 6.45) is -0.162. The molecule has 0 amide bonds. The second-order valence-electron chi connectivity index (χ2n) is 10.2. The van der Waals surface area contributed by atoms with E-state index in [1.807, 2.05) is 18.2 Å². The minimum absolute atomic E-state index is 0.0260. The van der Waals surface area contributed by atoms with Gasteiger partial charge < -0.3 is 9.16 Å². The zero-order valence-corrected chi connectivity index (χ0v) is 19.7. The highest BCUT2D eigenvalue weighted by Gasteiger charge is 2.50. The standard InChI is InChI=1S/C25H33NO3Si/c1-25(2,3)30(4,5)29-20-13-11-19(12-14-20)23-21-16-26(17-22(21)24(27)28-23)15-18-9-7-6-8-10-18/h6-14,21-23H,15-17H2,1-5H3/t21-,22+,23?/m1/s1. The van der Waals surface area contributed by atoms with E-state index in [-0.39, 0.29) is 28.9 Å². The van der Waals surface area contributed by atoms with Gasteiger partial charge in [-0.1, -0.05) is 63.2 Å². The molecule has 5 heteroatoms. The van der Waals surface area contributed by atoms with E-state index in [2.05, 4.69) is 75.2 Å². The van der Waals surface area contributed by atoms with E-state index in [0.29, 0.717) is 0 Å². The van der Waals surface area contributed by atoms with Crippen molar-refractivity contribution in [2.75, 3.05) is 13.1 Å². The highest BCUT2D eigenvalue weighted by atomic mass is 28.4. The lowest BCUT2D eigenvalue weighted by Crippen LogP contribution is -2.43. The van der Waals surface area contributed by atoms with Crippen LogP contribution in [0.25, 0.3) is 0 Å². The lowest BCUT2D eigenvalue weighted by atomic mass is 9.90. The summed E-state index contributed by atoms with van der Waals surface area (Å²) in [5.41, 5.74) is 2.36. The summed E-state index contributed by atoms with van der Waals surface area (Å²) in [6.45, 7) is 13.8. The van der Waals surface area contributed by atoms with Gasteiger partial charge in [0.05, 0.1) is 5.92 Å². The third-order valence-electron chi connectivity index (χ3n) is 7.01. The fourth-order valence-electron chi connectivity index (χ4n) is 4.23. The largest absolute Gasteiger partial charge is 0.544 e. The van der Waals surface area contributed by atoms with Gasteiger partial charge >= 0.3 is 5.97 Å². The van der Waals surface area contributed by atoms with Crippen LogP contribution in [0.5, 0.6) is 5.75 Å². The predicted molar refractivity (Wildman–Crippen MR) is 122 cm³/mol. The summed E-state index contributed by atoms with van der Waals surface area (Å²) < 4.78 is 12.2. The molecule has 2 aromatic carbocycles. The van der Waals surface area contributed by atoms with Gasteiger partial charge in [-0.2, -0.15) is 0 Å². The van der Waals surface area contributed by atoms with Crippen LogP contribution in [-0.4, -0.2) is 32.3 Å². The van der Waals surface area contributed by atoms with Gasteiger partial charge in [-0.25, -0.2) is 0 Å². The van der Waals surface area contributed by atoms with E-state index < -0.39 is 8.32 Å². The van der Waals surface area contributed by atoms with Crippen LogP contribution in [0.15, 0.2) is 54.6 Å². The van der Waals surface area contributed by atoms with E-state index in [0.717, 1.165) is 30.9 Å².